The van der Waals surface area contributed by atoms with Crippen LogP contribution in [-0.4, -0.2) is 40.4 Å². The van der Waals surface area contributed by atoms with E-state index in [1.54, 1.807) is 5.57 Å². The normalized spacial score (nSPS) is 48.1. The fraction of sp³-hybridized carbons (Fsp3) is 0.659. The molecule has 0 aromatic heterocycles. The van der Waals surface area contributed by atoms with Crippen molar-refractivity contribution in [3.63, 3.8) is 0 Å². The third-order valence-corrected chi connectivity index (χ3v) is 15.3. The lowest BCUT2D eigenvalue weighted by atomic mass is 9.56. The molecule has 2 aromatic carbocycles. The van der Waals surface area contributed by atoms with Crippen LogP contribution >= 0.6 is 0 Å². The number of aliphatic hydroxyl groups is 1. The molecular formula is C41H53NO3. The van der Waals surface area contributed by atoms with E-state index >= 15 is 0 Å². The summed E-state index contributed by atoms with van der Waals surface area (Å²) in [4.78, 5) is 2.80. The van der Waals surface area contributed by atoms with E-state index in [2.05, 4.69) is 62.9 Å². The summed E-state index contributed by atoms with van der Waals surface area (Å²) in [5.41, 5.74) is 4.01. The SMILES string of the molecule is C[C@H]1C[C@H]2OC3(CC[C@H]4[C@@H]5CCC6=C[C@@H](O)CC[C@]6(C)[C@H]5CC45CC53C)[C@H](C)[C@@H]2N(Cc2ccc(Oc3ccccc3)cc2)C1. The molecule has 0 amide bonds. The summed E-state index contributed by atoms with van der Waals surface area (Å²) in [6.45, 7) is 12.4. The molecule has 240 valence electrons. The molecule has 3 unspecified atom stereocenters. The van der Waals surface area contributed by atoms with Gasteiger partial charge in [-0.2, -0.15) is 0 Å². The van der Waals surface area contributed by atoms with Crippen molar-refractivity contribution in [3.8, 4) is 11.5 Å². The third kappa shape index (κ3) is 4.01. The van der Waals surface area contributed by atoms with Crippen LogP contribution in [0.15, 0.2) is 66.2 Å². The van der Waals surface area contributed by atoms with Crippen molar-refractivity contribution in [1.29, 1.82) is 0 Å². The molecular weight excluding hydrogens is 554 g/mol. The Kier molecular flexibility index (Phi) is 6.41. The molecule has 7 aliphatic rings. The minimum atomic E-state index is -0.220. The summed E-state index contributed by atoms with van der Waals surface area (Å²) in [5.74, 6) is 5.49. The smallest absolute Gasteiger partial charge is 0.127 e. The van der Waals surface area contributed by atoms with Gasteiger partial charge in [-0.1, -0.05) is 69.7 Å². The zero-order valence-electron chi connectivity index (χ0n) is 27.9. The Balaban J connectivity index is 0.965. The maximum atomic E-state index is 10.5. The number of ether oxygens (including phenoxy) is 2. The highest BCUT2D eigenvalue weighted by Gasteiger charge is 2.84. The summed E-state index contributed by atoms with van der Waals surface area (Å²) >= 11 is 0. The predicted molar refractivity (Wildman–Crippen MR) is 178 cm³/mol. The van der Waals surface area contributed by atoms with Gasteiger partial charge in [-0.15, -0.1) is 0 Å². The fourth-order valence-corrected chi connectivity index (χ4v) is 13.2. The van der Waals surface area contributed by atoms with Gasteiger partial charge in [0.05, 0.1) is 17.8 Å². The summed E-state index contributed by atoms with van der Waals surface area (Å²) < 4.78 is 13.7. The zero-order chi connectivity index (χ0) is 30.8. The number of nitrogens with zero attached hydrogens (tertiary/aromatic N) is 1. The Morgan fingerprint density at radius 3 is 2.51 bits per heavy atom. The molecule has 2 saturated heterocycles. The molecule has 2 spiro atoms. The lowest BCUT2D eigenvalue weighted by Gasteiger charge is -2.50. The first-order chi connectivity index (χ1) is 21.7. The van der Waals surface area contributed by atoms with E-state index in [1.165, 1.54) is 56.9 Å². The number of para-hydroxylation sites is 1. The quantitative estimate of drug-likeness (QED) is 0.353. The van der Waals surface area contributed by atoms with Crippen molar-refractivity contribution in [2.45, 2.75) is 116 Å². The highest BCUT2D eigenvalue weighted by Crippen LogP contribution is 2.87. The number of rotatable bonds is 4. The fourth-order valence-electron chi connectivity index (χ4n) is 13.2. The Bertz CT molecular complexity index is 1490. The van der Waals surface area contributed by atoms with Gasteiger partial charge in [0.1, 0.15) is 11.5 Å². The summed E-state index contributed by atoms with van der Waals surface area (Å²) in [7, 11) is 0. The van der Waals surface area contributed by atoms with Crippen LogP contribution in [0.1, 0.15) is 91.0 Å². The Hall–Kier alpha value is -2.14. The molecule has 2 heterocycles. The average molecular weight is 608 g/mol. The number of benzene rings is 2. The van der Waals surface area contributed by atoms with E-state index in [1.807, 2.05) is 30.3 Å². The van der Waals surface area contributed by atoms with Gasteiger partial charge in [0.25, 0.3) is 0 Å². The molecule has 9 rings (SSSR count). The van der Waals surface area contributed by atoms with Gasteiger partial charge in [0, 0.05) is 30.5 Å². The first-order valence-corrected chi connectivity index (χ1v) is 18.3. The number of likely N-dealkylation sites (tertiary alicyclic amines) is 1. The van der Waals surface area contributed by atoms with E-state index in [4.69, 9.17) is 9.47 Å². The Morgan fingerprint density at radius 1 is 0.933 bits per heavy atom. The maximum absolute atomic E-state index is 10.5. The van der Waals surface area contributed by atoms with Crippen molar-refractivity contribution in [2.75, 3.05) is 6.54 Å². The Morgan fingerprint density at radius 2 is 1.71 bits per heavy atom. The lowest BCUT2D eigenvalue weighted by Crippen LogP contribution is -2.54. The van der Waals surface area contributed by atoms with Gasteiger partial charge in [-0.3, -0.25) is 4.90 Å². The third-order valence-electron chi connectivity index (χ3n) is 15.3. The summed E-state index contributed by atoms with van der Waals surface area (Å²) in [6, 6.07) is 19.3. The molecule has 2 aliphatic heterocycles. The van der Waals surface area contributed by atoms with Crippen LogP contribution in [0.4, 0.5) is 0 Å². The molecule has 4 heteroatoms. The van der Waals surface area contributed by atoms with E-state index in [0.717, 1.165) is 48.8 Å². The highest BCUT2D eigenvalue weighted by molar-refractivity contribution is 5.37. The largest absolute Gasteiger partial charge is 0.457 e. The molecule has 4 saturated carbocycles. The minimum absolute atomic E-state index is 0.00432. The van der Waals surface area contributed by atoms with E-state index in [9.17, 15) is 5.11 Å². The number of hydrogen-bond donors (Lipinski definition) is 1. The van der Waals surface area contributed by atoms with Crippen LogP contribution in [-0.2, 0) is 11.3 Å². The molecule has 6 fully saturated rings. The van der Waals surface area contributed by atoms with Gasteiger partial charge < -0.3 is 14.6 Å². The number of allylic oxidation sites excluding steroid dienone is 1. The van der Waals surface area contributed by atoms with Crippen LogP contribution in [0.2, 0.25) is 0 Å². The van der Waals surface area contributed by atoms with E-state index in [-0.39, 0.29) is 17.1 Å². The van der Waals surface area contributed by atoms with Crippen LogP contribution in [0.3, 0.4) is 0 Å². The van der Waals surface area contributed by atoms with Gasteiger partial charge in [-0.25, -0.2) is 0 Å². The molecule has 5 aliphatic carbocycles. The van der Waals surface area contributed by atoms with Gasteiger partial charge >= 0.3 is 0 Å². The molecule has 1 N–H and O–H groups in total. The summed E-state index contributed by atoms with van der Waals surface area (Å²) in [6.07, 6.45) is 13.6. The van der Waals surface area contributed by atoms with Gasteiger partial charge in [0.15, 0.2) is 0 Å². The van der Waals surface area contributed by atoms with Gasteiger partial charge in [-0.05, 0) is 122 Å². The van der Waals surface area contributed by atoms with Crippen molar-refractivity contribution in [2.24, 2.45) is 45.8 Å². The second-order valence-corrected chi connectivity index (χ2v) is 17.2. The first kappa shape index (κ1) is 29.0. The monoisotopic (exact) mass is 607 g/mol. The number of fused-ring (bicyclic) bond motifs is 6. The molecule has 45 heavy (non-hydrogen) atoms. The number of aliphatic hydroxyl groups excluding tert-OH is 1. The Labute approximate surface area is 270 Å². The molecule has 2 aromatic rings. The number of hydrogen-bond acceptors (Lipinski definition) is 4. The highest BCUT2D eigenvalue weighted by atomic mass is 16.5. The van der Waals surface area contributed by atoms with Crippen molar-refractivity contribution < 1.29 is 14.6 Å². The van der Waals surface area contributed by atoms with Crippen LogP contribution in [0.25, 0.3) is 0 Å². The second-order valence-electron chi connectivity index (χ2n) is 17.2. The van der Waals surface area contributed by atoms with Crippen molar-refractivity contribution in [3.05, 3.63) is 71.8 Å². The summed E-state index contributed by atoms with van der Waals surface area (Å²) in [5, 5.41) is 10.5. The van der Waals surface area contributed by atoms with Gasteiger partial charge in [0.2, 0.25) is 0 Å². The van der Waals surface area contributed by atoms with Crippen molar-refractivity contribution >= 4 is 0 Å². The topological polar surface area (TPSA) is 41.9 Å². The lowest BCUT2D eigenvalue weighted by molar-refractivity contribution is -0.148. The van der Waals surface area contributed by atoms with Crippen LogP contribution in [0, 0.1) is 45.8 Å². The average Bonchev–Trinajstić information content (AvgIpc) is 3.37. The standard InChI is InChI=1S/C41H53NO3/c1-26-20-36-37(42(23-26)24-28-10-13-32(14-11-28)44-31-8-6-5-7-9-31)27(2)41(45-36)19-17-34-33-15-12-29-21-30(43)16-18-38(29,3)35(33)22-40(34)25-39(40,41)4/h5-11,13-14,21,26-27,30,33-37,43H,12,15-20,22-25H2,1-4H3/t26-,27+,30-,33-,34-,35-,36+,37-,38-,39?,40?,41?/m0/s1. The second kappa shape index (κ2) is 9.94. The predicted octanol–water partition coefficient (Wildman–Crippen LogP) is 8.79. The van der Waals surface area contributed by atoms with Crippen LogP contribution < -0.4 is 4.74 Å². The number of piperidine rings is 1. The molecule has 4 nitrogen and oxygen atoms in total. The molecule has 0 radical (unpaired) electrons. The molecule has 12 atom stereocenters. The zero-order valence-corrected chi connectivity index (χ0v) is 27.9. The maximum Gasteiger partial charge on any atom is 0.127 e. The van der Waals surface area contributed by atoms with Crippen LogP contribution in [0.5, 0.6) is 11.5 Å². The van der Waals surface area contributed by atoms with Crippen molar-refractivity contribution in [1.82, 2.24) is 4.90 Å². The first-order valence-electron chi connectivity index (χ1n) is 18.3. The molecule has 0 bridgehead atoms. The minimum Gasteiger partial charge on any atom is -0.457 e. The van der Waals surface area contributed by atoms with E-state index in [0.29, 0.717) is 34.8 Å². The van der Waals surface area contributed by atoms with E-state index < -0.39 is 0 Å².